The molecule has 0 aromatic heterocycles. The highest BCUT2D eigenvalue weighted by Crippen LogP contribution is 2.33. The summed E-state index contributed by atoms with van der Waals surface area (Å²) in [7, 11) is 0. The number of carbonyl (C=O) groups excluding carboxylic acids is 3. The summed E-state index contributed by atoms with van der Waals surface area (Å²) in [5, 5.41) is 3.86. The lowest BCUT2D eigenvalue weighted by Crippen LogP contribution is -2.51. The minimum Gasteiger partial charge on any atom is -0.457 e. The Bertz CT molecular complexity index is 945. The van der Waals surface area contributed by atoms with Gasteiger partial charge in [-0.05, 0) is 30.3 Å². The Kier molecular flexibility index (Phi) is 4.68. The first-order chi connectivity index (χ1) is 12.7. The van der Waals surface area contributed by atoms with Crippen LogP contribution in [0.25, 0.3) is 6.08 Å². The zero-order valence-electron chi connectivity index (χ0n) is 13.5. The third kappa shape index (κ3) is 4.14. The number of carbonyl (C=O) groups is 3. The molecule has 1 heterocycles. The van der Waals surface area contributed by atoms with E-state index in [4.69, 9.17) is 4.74 Å². The van der Waals surface area contributed by atoms with Gasteiger partial charge in [0.25, 0.3) is 11.8 Å². The van der Waals surface area contributed by atoms with Crippen LogP contribution in [-0.2, 0) is 15.8 Å². The summed E-state index contributed by atoms with van der Waals surface area (Å²) in [4.78, 5) is 34.7. The average molecular weight is 376 g/mol. The monoisotopic (exact) mass is 376 g/mol. The van der Waals surface area contributed by atoms with Crippen LogP contribution in [0.4, 0.5) is 18.0 Å². The first kappa shape index (κ1) is 18.2. The number of benzene rings is 2. The van der Waals surface area contributed by atoms with Gasteiger partial charge in [-0.25, -0.2) is 4.79 Å². The maximum absolute atomic E-state index is 12.8. The number of hydrogen-bond donors (Lipinski definition) is 2. The quantitative estimate of drug-likeness (QED) is 0.636. The number of nitrogens with one attached hydrogen (secondary N) is 2. The number of rotatable bonds is 3. The molecule has 9 heteroatoms. The van der Waals surface area contributed by atoms with Crippen molar-refractivity contribution in [2.45, 2.75) is 6.18 Å². The van der Waals surface area contributed by atoms with Crippen LogP contribution in [0.3, 0.4) is 0 Å². The van der Waals surface area contributed by atoms with Crippen molar-refractivity contribution in [1.29, 1.82) is 0 Å². The fraction of sp³-hybridized carbons (Fsp3) is 0.0556. The Balaban J connectivity index is 1.94. The Morgan fingerprint density at radius 2 is 1.56 bits per heavy atom. The molecule has 27 heavy (non-hydrogen) atoms. The summed E-state index contributed by atoms with van der Waals surface area (Å²) in [6, 6.07) is 9.51. The number of hydrogen-bond acceptors (Lipinski definition) is 4. The van der Waals surface area contributed by atoms with Crippen LogP contribution in [0.2, 0.25) is 0 Å². The van der Waals surface area contributed by atoms with Crippen LogP contribution in [0.5, 0.6) is 11.5 Å². The first-order valence-corrected chi connectivity index (χ1v) is 7.56. The normalized spacial score (nSPS) is 14.5. The van der Waals surface area contributed by atoms with Gasteiger partial charge >= 0.3 is 12.2 Å². The number of barbiturate groups is 1. The predicted octanol–water partition coefficient (Wildman–Crippen LogP) is 3.25. The molecule has 6 nitrogen and oxygen atoms in total. The number of halogens is 3. The van der Waals surface area contributed by atoms with Crippen LogP contribution in [-0.4, -0.2) is 17.8 Å². The van der Waals surface area contributed by atoms with Crippen LogP contribution in [0.1, 0.15) is 11.1 Å². The topological polar surface area (TPSA) is 84.5 Å². The van der Waals surface area contributed by atoms with Crippen molar-refractivity contribution in [2.75, 3.05) is 0 Å². The zero-order chi connectivity index (χ0) is 19.6. The van der Waals surface area contributed by atoms with Crippen molar-refractivity contribution in [3.8, 4) is 11.5 Å². The Morgan fingerprint density at radius 3 is 2.22 bits per heavy atom. The summed E-state index contributed by atoms with van der Waals surface area (Å²) in [6.07, 6.45) is -3.34. The Morgan fingerprint density at radius 1 is 0.889 bits per heavy atom. The van der Waals surface area contributed by atoms with Gasteiger partial charge < -0.3 is 4.74 Å². The smallest absolute Gasteiger partial charge is 0.416 e. The Labute approximate surface area is 150 Å². The molecule has 0 spiro atoms. The SMILES string of the molecule is O=C1NC(=O)C(=Cc2ccccc2Oc2cccc(C(F)(F)F)c2)C(=O)N1. The molecule has 2 aromatic rings. The molecule has 3 rings (SSSR count). The summed E-state index contributed by atoms with van der Waals surface area (Å²) in [5.74, 6) is -1.72. The molecule has 0 bridgehead atoms. The van der Waals surface area contributed by atoms with Crippen LogP contribution in [0.15, 0.2) is 54.1 Å². The Hall–Kier alpha value is -3.62. The summed E-state index contributed by atoms with van der Waals surface area (Å²) >= 11 is 0. The summed E-state index contributed by atoms with van der Waals surface area (Å²) < 4.78 is 44.0. The maximum Gasteiger partial charge on any atom is 0.416 e. The highest BCUT2D eigenvalue weighted by molar-refractivity contribution is 6.31. The molecular weight excluding hydrogens is 365 g/mol. The number of urea groups is 1. The van der Waals surface area contributed by atoms with E-state index in [1.54, 1.807) is 12.1 Å². The standard InChI is InChI=1S/C18H11F3N2O4/c19-18(20,21)11-5-3-6-12(9-11)27-14-7-2-1-4-10(14)8-13-15(24)22-17(26)23-16(13)25/h1-9H,(H2,22,23,24,25,26). The lowest BCUT2D eigenvalue weighted by molar-refractivity contribution is -0.137. The fourth-order valence-electron chi connectivity index (χ4n) is 2.32. The van der Waals surface area contributed by atoms with Gasteiger partial charge in [0.15, 0.2) is 0 Å². The van der Waals surface area contributed by atoms with E-state index in [1.165, 1.54) is 30.3 Å². The molecule has 138 valence electrons. The van der Waals surface area contributed by atoms with E-state index in [-0.39, 0.29) is 22.6 Å². The second-order valence-corrected chi connectivity index (χ2v) is 5.46. The average Bonchev–Trinajstić information content (AvgIpc) is 2.59. The van der Waals surface area contributed by atoms with Gasteiger partial charge in [-0.15, -0.1) is 0 Å². The molecule has 1 saturated heterocycles. The fourth-order valence-corrected chi connectivity index (χ4v) is 2.32. The van der Waals surface area contributed by atoms with Crippen molar-refractivity contribution >= 4 is 23.9 Å². The molecule has 0 atom stereocenters. The molecule has 0 saturated carbocycles. The van der Waals surface area contributed by atoms with Gasteiger partial charge in [-0.3, -0.25) is 20.2 Å². The minimum atomic E-state index is -4.52. The predicted molar refractivity (Wildman–Crippen MR) is 87.6 cm³/mol. The molecule has 0 radical (unpaired) electrons. The molecule has 2 aromatic carbocycles. The number of ether oxygens (including phenoxy) is 1. The van der Waals surface area contributed by atoms with Gasteiger partial charge in [-0.1, -0.05) is 24.3 Å². The largest absolute Gasteiger partial charge is 0.457 e. The first-order valence-electron chi connectivity index (χ1n) is 7.56. The minimum absolute atomic E-state index is 0.0663. The summed E-state index contributed by atoms with van der Waals surface area (Å²) in [5.41, 5.74) is -0.945. The highest BCUT2D eigenvalue weighted by Gasteiger charge is 2.31. The number of imide groups is 2. The van der Waals surface area contributed by atoms with E-state index in [9.17, 15) is 27.6 Å². The zero-order valence-corrected chi connectivity index (χ0v) is 13.5. The van der Waals surface area contributed by atoms with Crippen molar-refractivity contribution < 1.29 is 32.3 Å². The summed E-state index contributed by atoms with van der Waals surface area (Å²) in [6.45, 7) is 0. The van der Waals surface area contributed by atoms with E-state index in [0.717, 1.165) is 12.1 Å². The van der Waals surface area contributed by atoms with E-state index in [1.807, 2.05) is 10.6 Å². The third-order valence-electron chi connectivity index (χ3n) is 3.55. The second-order valence-electron chi connectivity index (χ2n) is 5.46. The van der Waals surface area contributed by atoms with E-state index >= 15 is 0 Å². The highest BCUT2D eigenvalue weighted by atomic mass is 19.4. The lowest BCUT2D eigenvalue weighted by atomic mass is 10.1. The molecule has 0 unspecified atom stereocenters. The molecule has 1 aliphatic rings. The van der Waals surface area contributed by atoms with Crippen LogP contribution in [0, 0.1) is 0 Å². The molecule has 1 aliphatic heterocycles. The molecule has 4 amide bonds. The maximum atomic E-state index is 12.8. The number of alkyl halides is 3. The van der Waals surface area contributed by atoms with Crippen molar-refractivity contribution in [2.24, 2.45) is 0 Å². The van der Waals surface area contributed by atoms with Crippen molar-refractivity contribution in [3.05, 3.63) is 65.2 Å². The molecule has 1 fully saturated rings. The van der Waals surface area contributed by atoms with E-state index in [2.05, 4.69) is 0 Å². The third-order valence-corrected chi connectivity index (χ3v) is 3.55. The number of para-hydroxylation sites is 1. The van der Waals surface area contributed by atoms with E-state index in [0.29, 0.717) is 0 Å². The van der Waals surface area contributed by atoms with Gasteiger partial charge in [0, 0.05) is 5.56 Å². The van der Waals surface area contributed by atoms with Crippen LogP contribution < -0.4 is 15.4 Å². The molecule has 2 N–H and O–H groups in total. The van der Waals surface area contributed by atoms with Gasteiger partial charge in [-0.2, -0.15) is 13.2 Å². The molecular formula is C18H11F3N2O4. The second kappa shape index (κ2) is 6.94. The van der Waals surface area contributed by atoms with Crippen molar-refractivity contribution in [3.63, 3.8) is 0 Å². The number of amides is 4. The van der Waals surface area contributed by atoms with Gasteiger partial charge in [0.2, 0.25) is 0 Å². The van der Waals surface area contributed by atoms with Gasteiger partial charge in [0.1, 0.15) is 17.1 Å². The van der Waals surface area contributed by atoms with Crippen molar-refractivity contribution in [1.82, 2.24) is 10.6 Å². The van der Waals surface area contributed by atoms with E-state index < -0.39 is 29.6 Å². The molecule has 0 aliphatic carbocycles. The lowest BCUT2D eigenvalue weighted by Gasteiger charge is -2.15. The van der Waals surface area contributed by atoms with Crippen LogP contribution >= 0.6 is 0 Å². The van der Waals surface area contributed by atoms with Gasteiger partial charge in [0.05, 0.1) is 5.56 Å².